The van der Waals surface area contributed by atoms with E-state index in [1.807, 2.05) is 26.0 Å². The largest absolute Gasteiger partial charge is 0.497 e. The van der Waals surface area contributed by atoms with Gasteiger partial charge in [-0.25, -0.2) is 0 Å². The molecule has 4 heteroatoms. The lowest BCUT2D eigenvalue weighted by Crippen LogP contribution is -2.38. The maximum absolute atomic E-state index is 11.8. The molecule has 0 heterocycles. The highest BCUT2D eigenvalue weighted by molar-refractivity contribution is 5.81. The van der Waals surface area contributed by atoms with Crippen molar-refractivity contribution in [3.63, 3.8) is 0 Å². The second-order valence-corrected chi connectivity index (χ2v) is 3.98. The fourth-order valence-corrected chi connectivity index (χ4v) is 1.50. The molecule has 18 heavy (non-hydrogen) atoms. The normalized spacial score (nSPS) is 11.7. The van der Waals surface area contributed by atoms with E-state index in [1.54, 1.807) is 19.2 Å². The van der Waals surface area contributed by atoms with Gasteiger partial charge in [-0.15, -0.1) is 0 Å². The molecule has 0 saturated carbocycles. The van der Waals surface area contributed by atoms with Gasteiger partial charge in [0.1, 0.15) is 11.5 Å². The van der Waals surface area contributed by atoms with Crippen molar-refractivity contribution in [1.29, 1.82) is 0 Å². The first-order valence-electron chi connectivity index (χ1n) is 6.29. The predicted molar refractivity (Wildman–Crippen MR) is 71.0 cm³/mol. The van der Waals surface area contributed by atoms with Gasteiger partial charge in [-0.3, -0.25) is 4.79 Å². The third-order valence-electron chi connectivity index (χ3n) is 2.55. The van der Waals surface area contributed by atoms with Crippen molar-refractivity contribution in [3.05, 3.63) is 24.3 Å². The molecule has 4 nitrogen and oxygen atoms in total. The van der Waals surface area contributed by atoms with Crippen LogP contribution < -0.4 is 14.8 Å². The summed E-state index contributed by atoms with van der Waals surface area (Å²) in [7, 11) is 1.61. The number of ether oxygens (including phenoxy) is 2. The van der Waals surface area contributed by atoms with E-state index in [-0.39, 0.29) is 5.91 Å². The van der Waals surface area contributed by atoms with Crippen molar-refractivity contribution in [2.75, 3.05) is 13.7 Å². The molecule has 0 aromatic heterocycles. The molecule has 0 fully saturated rings. The van der Waals surface area contributed by atoms with Crippen LogP contribution in [-0.2, 0) is 4.79 Å². The molecule has 0 aliphatic carbocycles. The van der Waals surface area contributed by atoms with E-state index in [2.05, 4.69) is 5.32 Å². The Kier molecular flexibility index (Phi) is 6.05. The van der Waals surface area contributed by atoms with Crippen LogP contribution in [-0.4, -0.2) is 25.7 Å². The number of methoxy groups -OCH3 is 1. The van der Waals surface area contributed by atoms with Crippen LogP contribution >= 0.6 is 0 Å². The summed E-state index contributed by atoms with van der Waals surface area (Å²) in [5.74, 6) is 1.38. The zero-order valence-corrected chi connectivity index (χ0v) is 11.2. The molecule has 1 amide bonds. The van der Waals surface area contributed by atoms with Gasteiger partial charge in [-0.2, -0.15) is 0 Å². The van der Waals surface area contributed by atoms with Gasteiger partial charge < -0.3 is 14.8 Å². The fourth-order valence-electron chi connectivity index (χ4n) is 1.50. The summed E-state index contributed by atoms with van der Waals surface area (Å²) < 4.78 is 10.7. The van der Waals surface area contributed by atoms with Gasteiger partial charge in [0.05, 0.1) is 7.11 Å². The van der Waals surface area contributed by atoms with E-state index in [0.29, 0.717) is 18.7 Å². The summed E-state index contributed by atoms with van der Waals surface area (Å²) in [5, 5.41) is 2.84. The van der Waals surface area contributed by atoms with E-state index in [9.17, 15) is 4.79 Å². The quantitative estimate of drug-likeness (QED) is 0.809. The summed E-state index contributed by atoms with van der Waals surface area (Å²) in [6.07, 6.45) is 1.12. The van der Waals surface area contributed by atoms with Gasteiger partial charge in [0.15, 0.2) is 6.10 Å². The first kappa shape index (κ1) is 14.4. The lowest BCUT2D eigenvalue weighted by atomic mass is 10.2. The molecule has 0 aliphatic rings. The summed E-state index contributed by atoms with van der Waals surface area (Å²) in [5.41, 5.74) is 0. The zero-order valence-electron chi connectivity index (χ0n) is 11.2. The second-order valence-electron chi connectivity index (χ2n) is 3.98. The first-order chi connectivity index (χ1) is 8.71. The maximum Gasteiger partial charge on any atom is 0.261 e. The maximum atomic E-state index is 11.8. The van der Waals surface area contributed by atoms with Crippen molar-refractivity contribution >= 4 is 5.91 Å². The molecule has 0 spiro atoms. The third kappa shape index (κ3) is 4.28. The van der Waals surface area contributed by atoms with Crippen LogP contribution in [0.15, 0.2) is 24.3 Å². The highest BCUT2D eigenvalue weighted by Gasteiger charge is 2.17. The molecular formula is C14H21NO3. The number of rotatable bonds is 7. The molecule has 1 aromatic carbocycles. The van der Waals surface area contributed by atoms with Crippen molar-refractivity contribution in [3.8, 4) is 11.5 Å². The minimum absolute atomic E-state index is 0.0600. The highest BCUT2D eigenvalue weighted by Crippen LogP contribution is 2.18. The Labute approximate surface area is 108 Å². The van der Waals surface area contributed by atoms with E-state index >= 15 is 0 Å². The molecule has 1 rings (SSSR count). The van der Waals surface area contributed by atoms with Crippen molar-refractivity contribution in [2.45, 2.75) is 32.8 Å². The molecule has 1 aromatic rings. The average molecular weight is 251 g/mol. The summed E-state index contributed by atoms with van der Waals surface area (Å²) in [6.45, 7) is 4.63. The van der Waals surface area contributed by atoms with Crippen LogP contribution in [0.3, 0.4) is 0 Å². The Hall–Kier alpha value is -1.71. The van der Waals surface area contributed by atoms with Crippen LogP contribution in [0.5, 0.6) is 11.5 Å². The van der Waals surface area contributed by atoms with Crippen LogP contribution in [0, 0.1) is 0 Å². The van der Waals surface area contributed by atoms with Crippen LogP contribution in [0.2, 0.25) is 0 Å². The van der Waals surface area contributed by atoms with Crippen LogP contribution in [0.4, 0.5) is 0 Å². The van der Waals surface area contributed by atoms with Gasteiger partial charge in [0.25, 0.3) is 5.91 Å². The Morgan fingerprint density at radius 3 is 2.33 bits per heavy atom. The smallest absolute Gasteiger partial charge is 0.261 e. The van der Waals surface area contributed by atoms with Crippen molar-refractivity contribution in [2.24, 2.45) is 0 Å². The Bertz CT molecular complexity index is 362. The first-order valence-corrected chi connectivity index (χ1v) is 6.29. The van der Waals surface area contributed by atoms with Crippen LogP contribution in [0.25, 0.3) is 0 Å². The number of hydrogen-bond acceptors (Lipinski definition) is 3. The molecule has 0 saturated heterocycles. The Morgan fingerprint density at radius 2 is 1.83 bits per heavy atom. The van der Waals surface area contributed by atoms with Gasteiger partial charge in [-0.05, 0) is 37.1 Å². The summed E-state index contributed by atoms with van der Waals surface area (Å²) >= 11 is 0. The lowest BCUT2D eigenvalue weighted by molar-refractivity contribution is -0.128. The number of carbonyl (C=O) groups excluding carboxylic acids is 1. The zero-order chi connectivity index (χ0) is 13.4. The number of hydrogen-bond donors (Lipinski definition) is 1. The number of amides is 1. The monoisotopic (exact) mass is 251 g/mol. The second kappa shape index (κ2) is 7.58. The SMILES string of the molecule is CCCNC(=O)C(CC)Oc1ccc(OC)cc1. The molecule has 1 unspecified atom stereocenters. The van der Waals surface area contributed by atoms with Gasteiger partial charge in [-0.1, -0.05) is 13.8 Å². The van der Waals surface area contributed by atoms with Gasteiger partial charge in [0.2, 0.25) is 0 Å². The molecule has 0 bridgehead atoms. The van der Waals surface area contributed by atoms with Crippen LogP contribution in [0.1, 0.15) is 26.7 Å². The van der Waals surface area contributed by atoms with E-state index in [0.717, 1.165) is 12.2 Å². The molecular weight excluding hydrogens is 230 g/mol. The summed E-state index contributed by atoms with van der Waals surface area (Å²) in [6, 6.07) is 7.22. The van der Waals surface area contributed by atoms with Crippen molar-refractivity contribution < 1.29 is 14.3 Å². The fraction of sp³-hybridized carbons (Fsp3) is 0.500. The van der Waals surface area contributed by atoms with E-state index in [1.165, 1.54) is 0 Å². The topological polar surface area (TPSA) is 47.6 Å². The molecule has 0 aliphatic heterocycles. The highest BCUT2D eigenvalue weighted by atomic mass is 16.5. The van der Waals surface area contributed by atoms with Gasteiger partial charge in [0, 0.05) is 6.54 Å². The Morgan fingerprint density at radius 1 is 1.22 bits per heavy atom. The predicted octanol–water partition coefficient (Wildman–Crippen LogP) is 2.38. The minimum Gasteiger partial charge on any atom is -0.497 e. The standard InChI is InChI=1S/C14H21NO3/c1-4-10-15-14(16)13(5-2)18-12-8-6-11(17-3)7-9-12/h6-9,13H,4-5,10H2,1-3H3,(H,15,16). The minimum atomic E-state index is -0.440. The molecule has 1 N–H and O–H groups in total. The summed E-state index contributed by atoms with van der Waals surface area (Å²) in [4.78, 5) is 11.8. The van der Waals surface area contributed by atoms with Gasteiger partial charge >= 0.3 is 0 Å². The van der Waals surface area contributed by atoms with Crippen molar-refractivity contribution in [1.82, 2.24) is 5.32 Å². The average Bonchev–Trinajstić information content (AvgIpc) is 2.42. The van der Waals surface area contributed by atoms with E-state index < -0.39 is 6.10 Å². The lowest BCUT2D eigenvalue weighted by Gasteiger charge is -2.17. The number of carbonyl (C=O) groups is 1. The Balaban J connectivity index is 2.58. The number of nitrogens with one attached hydrogen (secondary N) is 1. The number of benzene rings is 1. The molecule has 100 valence electrons. The molecule has 0 radical (unpaired) electrons. The molecule has 1 atom stereocenters. The third-order valence-corrected chi connectivity index (χ3v) is 2.55. The van der Waals surface area contributed by atoms with E-state index in [4.69, 9.17) is 9.47 Å².